The van der Waals surface area contributed by atoms with Gasteiger partial charge in [0.2, 0.25) is 0 Å². The summed E-state index contributed by atoms with van der Waals surface area (Å²) >= 11 is 0. The van der Waals surface area contributed by atoms with Crippen molar-refractivity contribution in [3.05, 3.63) is 53.4 Å². The maximum Gasteiger partial charge on any atom is 0.276 e. The molecule has 24 heavy (non-hydrogen) atoms. The molecule has 1 aliphatic heterocycles. The van der Waals surface area contributed by atoms with Crippen molar-refractivity contribution in [2.45, 2.75) is 56.9 Å². The average molecular weight is 324 g/mol. The van der Waals surface area contributed by atoms with Crippen LogP contribution in [0.3, 0.4) is 0 Å². The van der Waals surface area contributed by atoms with E-state index in [2.05, 4.69) is 36.3 Å². The molecule has 1 aromatic heterocycles. The van der Waals surface area contributed by atoms with E-state index in [0.29, 0.717) is 17.5 Å². The molecule has 1 aliphatic carbocycles. The monoisotopic (exact) mass is 324 g/mol. The fourth-order valence-corrected chi connectivity index (χ4v) is 3.99. The van der Waals surface area contributed by atoms with E-state index in [0.717, 1.165) is 44.4 Å². The second-order valence-electron chi connectivity index (χ2n) is 7.02. The lowest BCUT2D eigenvalue weighted by atomic mass is 9.87. The summed E-state index contributed by atoms with van der Waals surface area (Å²) in [5.41, 5.74) is 1.80. The van der Waals surface area contributed by atoms with Gasteiger partial charge in [0, 0.05) is 30.5 Å². The van der Waals surface area contributed by atoms with E-state index in [-0.39, 0.29) is 11.9 Å². The van der Waals surface area contributed by atoms with Gasteiger partial charge in [-0.2, -0.15) is 0 Å². The summed E-state index contributed by atoms with van der Waals surface area (Å²) in [6.45, 7) is 3.03. The highest BCUT2D eigenvalue weighted by atomic mass is 16.5. The van der Waals surface area contributed by atoms with Crippen molar-refractivity contribution in [2.24, 2.45) is 0 Å². The third-order valence-electron chi connectivity index (χ3n) is 5.42. The molecule has 0 spiro atoms. The summed E-state index contributed by atoms with van der Waals surface area (Å²) in [7, 11) is 0. The molecule has 2 fully saturated rings. The van der Waals surface area contributed by atoms with E-state index < -0.39 is 0 Å². The third-order valence-corrected chi connectivity index (χ3v) is 5.42. The Morgan fingerprint density at radius 3 is 2.79 bits per heavy atom. The SMILES string of the molecule is CC[C@H](c1ccccc1)[C@H]1CCCN1C(=O)c1cc(C2CC2)on1. The molecule has 4 rings (SSSR count). The molecule has 2 aromatic rings. The van der Waals surface area contributed by atoms with E-state index in [1.54, 1.807) is 0 Å². The Kier molecular flexibility index (Phi) is 4.13. The van der Waals surface area contributed by atoms with E-state index in [1.807, 2.05) is 17.0 Å². The molecule has 1 aromatic carbocycles. The van der Waals surface area contributed by atoms with Crippen LogP contribution in [-0.2, 0) is 0 Å². The quantitative estimate of drug-likeness (QED) is 0.821. The topological polar surface area (TPSA) is 46.3 Å². The maximum absolute atomic E-state index is 13.0. The summed E-state index contributed by atoms with van der Waals surface area (Å²) in [6, 6.07) is 12.7. The minimum atomic E-state index is 0.0301. The molecular weight excluding hydrogens is 300 g/mol. The van der Waals surface area contributed by atoms with Crippen LogP contribution >= 0.6 is 0 Å². The second-order valence-corrected chi connectivity index (χ2v) is 7.02. The Bertz CT molecular complexity index is 705. The molecule has 4 heteroatoms. The summed E-state index contributed by atoms with van der Waals surface area (Å²) in [5.74, 6) is 1.78. The van der Waals surface area contributed by atoms with E-state index in [9.17, 15) is 4.79 Å². The molecule has 0 radical (unpaired) electrons. The van der Waals surface area contributed by atoms with Crippen molar-refractivity contribution in [3.8, 4) is 0 Å². The van der Waals surface area contributed by atoms with Crippen LogP contribution in [0, 0.1) is 0 Å². The van der Waals surface area contributed by atoms with Crippen LogP contribution in [0.25, 0.3) is 0 Å². The van der Waals surface area contributed by atoms with Gasteiger partial charge in [-0.05, 0) is 37.7 Å². The first-order valence-electron chi connectivity index (χ1n) is 9.10. The van der Waals surface area contributed by atoms with Crippen molar-refractivity contribution in [1.29, 1.82) is 0 Å². The second kappa shape index (κ2) is 6.42. The lowest BCUT2D eigenvalue weighted by molar-refractivity contribution is 0.0704. The number of nitrogens with zero attached hydrogens (tertiary/aromatic N) is 2. The number of rotatable bonds is 5. The van der Waals surface area contributed by atoms with Crippen molar-refractivity contribution in [2.75, 3.05) is 6.54 Å². The highest BCUT2D eigenvalue weighted by Crippen LogP contribution is 2.40. The van der Waals surface area contributed by atoms with Crippen LogP contribution in [0.2, 0.25) is 0 Å². The lowest BCUT2D eigenvalue weighted by Gasteiger charge is -2.31. The molecule has 126 valence electrons. The van der Waals surface area contributed by atoms with Crippen LogP contribution in [0.1, 0.15) is 72.7 Å². The lowest BCUT2D eigenvalue weighted by Crippen LogP contribution is -2.39. The predicted molar refractivity (Wildman–Crippen MR) is 92.0 cm³/mol. The zero-order valence-corrected chi connectivity index (χ0v) is 14.1. The van der Waals surface area contributed by atoms with E-state index >= 15 is 0 Å². The minimum Gasteiger partial charge on any atom is -0.360 e. The smallest absolute Gasteiger partial charge is 0.276 e. The molecule has 1 amide bonds. The Hall–Kier alpha value is -2.10. The normalized spacial score (nSPS) is 21.9. The van der Waals surface area contributed by atoms with Gasteiger partial charge in [-0.1, -0.05) is 42.4 Å². The molecule has 4 nitrogen and oxygen atoms in total. The van der Waals surface area contributed by atoms with E-state index in [4.69, 9.17) is 4.52 Å². The molecular formula is C20H24N2O2. The number of carbonyl (C=O) groups is 1. The van der Waals surface area contributed by atoms with Gasteiger partial charge in [0.05, 0.1) is 0 Å². The van der Waals surface area contributed by atoms with Gasteiger partial charge in [-0.15, -0.1) is 0 Å². The number of benzene rings is 1. The molecule has 0 unspecified atom stereocenters. The van der Waals surface area contributed by atoms with Gasteiger partial charge in [-0.3, -0.25) is 4.79 Å². The van der Waals surface area contributed by atoms with Gasteiger partial charge in [0.25, 0.3) is 5.91 Å². The predicted octanol–water partition coefficient (Wildman–Crippen LogP) is 4.35. The fourth-order valence-electron chi connectivity index (χ4n) is 3.99. The average Bonchev–Trinajstić information content (AvgIpc) is 3.16. The van der Waals surface area contributed by atoms with Crippen LogP contribution in [0.5, 0.6) is 0 Å². The van der Waals surface area contributed by atoms with Gasteiger partial charge < -0.3 is 9.42 Å². The molecule has 2 atom stereocenters. The zero-order chi connectivity index (χ0) is 16.5. The number of hydrogen-bond acceptors (Lipinski definition) is 3. The summed E-state index contributed by atoms with van der Waals surface area (Å²) in [6.07, 6.45) is 5.46. The number of amides is 1. The highest BCUT2D eigenvalue weighted by molar-refractivity contribution is 5.92. The fraction of sp³-hybridized carbons (Fsp3) is 0.500. The first-order chi connectivity index (χ1) is 11.8. The largest absolute Gasteiger partial charge is 0.360 e. The first kappa shape index (κ1) is 15.4. The van der Waals surface area contributed by atoms with Crippen molar-refractivity contribution >= 4 is 5.91 Å². The number of likely N-dealkylation sites (tertiary alicyclic amines) is 1. The number of carbonyl (C=O) groups excluding carboxylic acids is 1. The minimum absolute atomic E-state index is 0.0301. The Balaban J connectivity index is 1.55. The van der Waals surface area contributed by atoms with E-state index in [1.165, 1.54) is 5.56 Å². The zero-order valence-electron chi connectivity index (χ0n) is 14.1. The number of hydrogen-bond donors (Lipinski definition) is 0. The maximum atomic E-state index is 13.0. The van der Waals surface area contributed by atoms with Gasteiger partial charge in [0.1, 0.15) is 5.76 Å². The first-order valence-corrected chi connectivity index (χ1v) is 9.10. The highest BCUT2D eigenvalue weighted by Gasteiger charge is 2.37. The molecule has 2 aliphatic rings. The molecule has 0 N–H and O–H groups in total. The van der Waals surface area contributed by atoms with Crippen LogP contribution in [0.4, 0.5) is 0 Å². The Morgan fingerprint density at radius 1 is 1.29 bits per heavy atom. The van der Waals surface area contributed by atoms with Crippen LogP contribution in [0.15, 0.2) is 40.9 Å². The Labute approximate surface area is 142 Å². The molecule has 2 heterocycles. The van der Waals surface area contributed by atoms with Gasteiger partial charge in [0.15, 0.2) is 5.69 Å². The summed E-state index contributed by atoms with van der Waals surface area (Å²) in [4.78, 5) is 15.0. The standard InChI is InChI=1S/C20H24N2O2/c1-2-16(14-7-4-3-5-8-14)18-9-6-12-22(18)20(23)17-13-19(24-21-17)15-10-11-15/h3-5,7-8,13,15-16,18H,2,6,9-12H2,1H3/t16-,18-/m1/s1. The van der Waals surface area contributed by atoms with Crippen molar-refractivity contribution < 1.29 is 9.32 Å². The van der Waals surface area contributed by atoms with Crippen LogP contribution in [-0.4, -0.2) is 28.6 Å². The summed E-state index contributed by atoms with van der Waals surface area (Å²) < 4.78 is 5.38. The van der Waals surface area contributed by atoms with Crippen LogP contribution < -0.4 is 0 Å². The van der Waals surface area contributed by atoms with Gasteiger partial charge in [-0.25, -0.2) is 0 Å². The summed E-state index contributed by atoms with van der Waals surface area (Å²) in [5, 5.41) is 4.05. The van der Waals surface area contributed by atoms with Gasteiger partial charge >= 0.3 is 0 Å². The third kappa shape index (κ3) is 2.85. The molecule has 0 bridgehead atoms. The Morgan fingerprint density at radius 2 is 2.08 bits per heavy atom. The van der Waals surface area contributed by atoms with Crippen molar-refractivity contribution in [3.63, 3.8) is 0 Å². The molecule has 1 saturated carbocycles. The van der Waals surface area contributed by atoms with Crippen molar-refractivity contribution in [1.82, 2.24) is 10.1 Å². The molecule has 1 saturated heterocycles. The number of aromatic nitrogens is 1.